The third-order valence-corrected chi connectivity index (χ3v) is 2.15. The third-order valence-electron chi connectivity index (χ3n) is 2.15. The highest BCUT2D eigenvalue weighted by atomic mass is 14.8. The van der Waals surface area contributed by atoms with E-state index < -0.39 is 0 Å². The van der Waals surface area contributed by atoms with Gasteiger partial charge in [-0.05, 0) is 24.4 Å². The smallest absolute Gasteiger partial charge is 0.141 e. The van der Waals surface area contributed by atoms with Gasteiger partial charge in [-0.15, -0.1) is 0 Å². The number of pyridine rings is 1. The summed E-state index contributed by atoms with van der Waals surface area (Å²) in [6, 6.07) is 7.94. The van der Waals surface area contributed by atoms with Crippen LogP contribution in [0.5, 0.6) is 0 Å². The summed E-state index contributed by atoms with van der Waals surface area (Å²) in [6.45, 7) is 2.04. The fourth-order valence-corrected chi connectivity index (χ4v) is 1.41. The summed E-state index contributed by atoms with van der Waals surface area (Å²) in [4.78, 5) is 4.10. The van der Waals surface area contributed by atoms with Crippen LogP contribution in [0.2, 0.25) is 0 Å². The average Bonchev–Trinajstić information content (AvgIpc) is 2.16. The molecule has 3 nitrogen and oxygen atoms in total. The van der Waals surface area contributed by atoms with Gasteiger partial charge in [0, 0.05) is 11.6 Å². The molecule has 0 aliphatic rings. The normalized spacial score (nSPS) is 10.4. The lowest BCUT2D eigenvalue weighted by Gasteiger charge is -2.01. The minimum atomic E-state index is 0.00692. The van der Waals surface area contributed by atoms with Crippen LogP contribution in [0.1, 0.15) is 11.3 Å². The molecule has 0 saturated heterocycles. The first kappa shape index (κ1) is 8.69. The van der Waals surface area contributed by atoms with E-state index in [1.165, 1.54) is 5.56 Å². The van der Waals surface area contributed by atoms with Crippen molar-refractivity contribution in [3.8, 4) is 0 Å². The summed E-state index contributed by atoms with van der Waals surface area (Å²) >= 11 is 0. The van der Waals surface area contributed by atoms with E-state index in [0.717, 1.165) is 10.8 Å². The summed E-state index contributed by atoms with van der Waals surface area (Å²) in [7, 11) is 0. The number of amidine groups is 1. The van der Waals surface area contributed by atoms with Gasteiger partial charge in [-0.2, -0.15) is 0 Å². The Morgan fingerprint density at radius 2 is 2.07 bits per heavy atom. The molecule has 0 unspecified atom stereocenters. The van der Waals surface area contributed by atoms with Gasteiger partial charge in [-0.25, -0.2) is 0 Å². The van der Waals surface area contributed by atoms with Crippen molar-refractivity contribution in [1.82, 2.24) is 4.98 Å². The van der Waals surface area contributed by atoms with Crippen molar-refractivity contribution >= 4 is 16.6 Å². The maximum absolute atomic E-state index is 7.27. The van der Waals surface area contributed by atoms with Crippen molar-refractivity contribution in [2.45, 2.75) is 6.92 Å². The van der Waals surface area contributed by atoms with Crippen LogP contribution in [-0.2, 0) is 0 Å². The average molecular weight is 185 g/mol. The zero-order valence-corrected chi connectivity index (χ0v) is 7.91. The van der Waals surface area contributed by atoms with Gasteiger partial charge in [0.25, 0.3) is 0 Å². The molecule has 3 N–H and O–H groups in total. The van der Waals surface area contributed by atoms with E-state index in [1.54, 1.807) is 6.20 Å². The highest BCUT2D eigenvalue weighted by Crippen LogP contribution is 2.15. The molecule has 14 heavy (non-hydrogen) atoms. The van der Waals surface area contributed by atoms with Gasteiger partial charge in [0.2, 0.25) is 0 Å². The van der Waals surface area contributed by atoms with Crippen LogP contribution in [0.3, 0.4) is 0 Å². The van der Waals surface area contributed by atoms with Crippen molar-refractivity contribution in [3.63, 3.8) is 0 Å². The molecule has 0 fully saturated rings. The minimum absolute atomic E-state index is 0.00692. The number of nitrogens with one attached hydrogen (secondary N) is 1. The highest BCUT2D eigenvalue weighted by molar-refractivity contribution is 5.96. The number of nitrogens with zero attached hydrogens (tertiary/aromatic N) is 1. The molecule has 0 radical (unpaired) electrons. The van der Waals surface area contributed by atoms with Crippen LogP contribution in [0, 0.1) is 12.3 Å². The fourth-order valence-electron chi connectivity index (χ4n) is 1.41. The number of benzene rings is 1. The monoisotopic (exact) mass is 185 g/mol. The number of hydrogen-bond donors (Lipinski definition) is 2. The van der Waals surface area contributed by atoms with Gasteiger partial charge >= 0.3 is 0 Å². The maximum atomic E-state index is 7.27. The van der Waals surface area contributed by atoms with E-state index in [1.807, 2.05) is 25.1 Å². The molecule has 3 heteroatoms. The molecule has 1 heterocycles. The predicted octanol–water partition coefficient (Wildman–Crippen LogP) is 1.83. The third kappa shape index (κ3) is 1.44. The van der Waals surface area contributed by atoms with E-state index in [-0.39, 0.29) is 5.84 Å². The number of nitrogens with two attached hydrogens (primary N) is 1. The van der Waals surface area contributed by atoms with Crippen molar-refractivity contribution in [2.75, 3.05) is 0 Å². The first-order chi connectivity index (χ1) is 6.66. The van der Waals surface area contributed by atoms with E-state index in [0.29, 0.717) is 5.69 Å². The van der Waals surface area contributed by atoms with Crippen molar-refractivity contribution in [1.29, 1.82) is 5.41 Å². The zero-order chi connectivity index (χ0) is 10.1. The van der Waals surface area contributed by atoms with Gasteiger partial charge in [-0.3, -0.25) is 10.4 Å². The molecule has 1 aromatic heterocycles. The van der Waals surface area contributed by atoms with Gasteiger partial charge in [0.15, 0.2) is 0 Å². The number of fused-ring (bicyclic) bond motifs is 1. The van der Waals surface area contributed by atoms with Gasteiger partial charge in [0.1, 0.15) is 11.5 Å². The Kier molecular flexibility index (Phi) is 1.93. The minimum Gasteiger partial charge on any atom is -0.382 e. The summed E-state index contributed by atoms with van der Waals surface area (Å²) in [5, 5.41) is 9.41. The molecule has 2 aromatic rings. The van der Waals surface area contributed by atoms with Crippen LogP contribution in [0.4, 0.5) is 0 Å². The Bertz CT molecular complexity index is 503. The van der Waals surface area contributed by atoms with Crippen LogP contribution in [-0.4, -0.2) is 10.8 Å². The first-order valence-electron chi connectivity index (χ1n) is 4.37. The van der Waals surface area contributed by atoms with Gasteiger partial charge in [-0.1, -0.05) is 17.7 Å². The molecule has 0 aliphatic carbocycles. The Labute approximate surface area is 82.1 Å². The molecule has 70 valence electrons. The zero-order valence-electron chi connectivity index (χ0n) is 7.91. The molecule has 0 saturated carbocycles. The number of aromatic nitrogens is 1. The number of nitrogen functional groups attached to an aromatic ring is 1. The maximum Gasteiger partial charge on any atom is 0.141 e. The van der Waals surface area contributed by atoms with E-state index in [4.69, 9.17) is 11.1 Å². The number of aryl methyl sites for hydroxylation is 1. The summed E-state index contributed by atoms with van der Waals surface area (Å²) in [5.74, 6) is 0.00692. The van der Waals surface area contributed by atoms with Crippen LogP contribution < -0.4 is 5.73 Å². The SMILES string of the molecule is Cc1ccc2cc(C(=N)N)ncc2c1. The highest BCUT2D eigenvalue weighted by Gasteiger charge is 2.00. The summed E-state index contributed by atoms with van der Waals surface area (Å²) in [6.07, 6.45) is 1.75. The first-order valence-corrected chi connectivity index (χ1v) is 4.37. The molecule has 0 spiro atoms. The van der Waals surface area contributed by atoms with E-state index in [2.05, 4.69) is 11.1 Å². The van der Waals surface area contributed by atoms with E-state index >= 15 is 0 Å². The van der Waals surface area contributed by atoms with Crippen LogP contribution >= 0.6 is 0 Å². The predicted molar refractivity (Wildman–Crippen MR) is 57.5 cm³/mol. The topological polar surface area (TPSA) is 62.8 Å². The molecule has 1 aromatic carbocycles. The number of hydrogen-bond acceptors (Lipinski definition) is 2. The van der Waals surface area contributed by atoms with Crippen molar-refractivity contribution in [3.05, 3.63) is 41.7 Å². The lowest BCUT2D eigenvalue weighted by atomic mass is 10.1. The van der Waals surface area contributed by atoms with Crippen LogP contribution in [0.15, 0.2) is 30.5 Å². The molecule has 0 atom stereocenters. The van der Waals surface area contributed by atoms with Crippen LogP contribution in [0.25, 0.3) is 10.8 Å². The fraction of sp³-hybridized carbons (Fsp3) is 0.0909. The second-order valence-electron chi connectivity index (χ2n) is 3.33. The Balaban J connectivity index is 2.67. The quantitative estimate of drug-likeness (QED) is 0.526. The Morgan fingerprint density at radius 3 is 2.79 bits per heavy atom. The van der Waals surface area contributed by atoms with Crippen molar-refractivity contribution in [2.24, 2.45) is 5.73 Å². The second kappa shape index (κ2) is 3.10. The molecule has 2 rings (SSSR count). The number of rotatable bonds is 1. The standard InChI is InChI=1S/C11H11N3/c1-7-2-3-8-5-10(11(12)13)14-6-9(8)4-7/h2-6H,1H3,(H3,12,13). The molecule has 0 bridgehead atoms. The van der Waals surface area contributed by atoms with Gasteiger partial charge < -0.3 is 5.73 Å². The molecular formula is C11H11N3. The largest absolute Gasteiger partial charge is 0.382 e. The van der Waals surface area contributed by atoms with E-state index in [9.17, 15) is 0 Å². The Hall–Kier alpha value is -1.90. The molecular weight excluding hydrogens is 174 g/mol. The lowest BCUT2D eigenvalue weighted by Crippen LogP contribution is -2.12. The molecule has 0 amide bonds. The summed E-state index contributed by atoms with van der Waals surface area (Å²) in [5.41, 5.74) is 7.09. The lowest BCUT2D eigenvalue weighted by molar-refractivity contribution is 1.28. The molecule has 0 aliphatic heterocycles. The summed E-state index contributed by atoms with van der Waals surface area (Å²) < 4.78 is 0. The second-order valence-corrected chi connectivity index (χ2v) is 3.33. The van der Waals surface area contributed by atoms with Crippen molar-refractivity contribution < 1.29 is 0 Å². The Morgan fingerprint density at radius 1 is 1.29 bits per heavy atom. The van der Waals surface area contributed by atoms with Gasteiger partial charge in [0.05, 0.1) is 0 Å².